The second-order valence-electron chi connectivity index (χ2n) is 5.08. The first-order valence-electron chi connectivity index (χ1n) is 7.27. The van der Waals surface area contributed by atoms with Gasteiger partial charge >= 0.3 is 0 Å². The van der Waals surface area contributed by atoms with E-state index in [0.29, 0.717) is 0 Å². The summed E-state index contributed by atoms with van der Waals surface area (Å²) in [6.07, 6.45) is 11.4. The van der Waals surface area contributed by atoms with Gasteiger partial charge in [-0.1, -0.05) is 32.6 Å². The maximum Gasteiger partial charge on any atom is 0.00951 e. The third-order valence-corrected chi connectivity index (χ3v) is 3.87. The molecule has 1 aliphatic rings. The molecular weight excluding hydrogens is 196 g/mol. The van der Waals surface area contributed by atoms with Crippen LogP contribution in [-0.2, 0) is 0 Å². The lowest BCUT2D eigenvalue weighted by molar-refractivity contribution is 0.160. The molecule has 1 aliphatic carbocycles. The highest BCUT2D eigenvalue weighted by molar-refractivity contribution is 4.74. The first kappa shape index (κ1) is 14.0. The molecular formula is C14H30N2. The molecule has 0 saturated heterocycles. The Morgan fingerprint density at radius 1 is 1.06 bits per heavy atom. The van der Waals surface area contributed by atoms with Crippen LogP contribution in [0.5, 0.6) is 0 Å². The Labute approximate surface area is 102 Å². The van der Waals surface area contributed by atoms with Crippen LogP contribution in [0.4, 0.5) is 0 Å². The third-order valence-electron chi connectivity index (χ3n) is 3.87. The van der Waals surface area contributed by atoms with Crippen molar-refractivity contribution in [3.05, 3.63) is 0 Å². The van der Waals surface area contributed by atoms with Gasteiger partial charge in [0.25, 0.3) is 0 Å². The molecule has 0 bridgehead atoms. The minimum absolute atomic E-state index is 0.906. The maximum absolute atomic E-state index is 3.22. The molecule has 2 nitrogen and oxygen atoms in total. The zero-order valence-corrected chi connectivity index (χ0v) is 11.3. The summed E-state index contributed by atoms with van der Waals surface area (Å²) in [6, 6.07) is 0.906. The zero-order valence-electron chi connectivity index (χ0n) is 11.3. The van der Waals surface area contributed by atoms with Crippen molar-refractivity contribution in [2.24, 2.45) is 0 Å². The second-order valence-corrected chi connectivity index (χ2v) is 5.08. The molecule has 1 fully saturated rings. The molecule has 16 heavy (non-hydrogen) atoms. The normalized spacial score (nSPS) is 18.2. The Bertz CT molecular complexity index is 153. The van der Waals surface area contributed by atoms with E-state index in [9.17, 15) is 0 Å². The van der Waals surface area contributed by atoms with E-state index < -0.39 is 0 Å². The first-order chi connectivity index (χ1) is 7.88. The predicted molar refractivity (Wildman–Crippen MR) is 71.9 cm³/mol. The van der Waals surface area contributed by atoms with E-state index in [1.165, 1.54) is 71.0 Å². The fourth-order valence-electron chi connectivity index (χ4n) is 2.84. The number of hydrogen-bond donors (Lipinski definition) is 1. The predicted octanol–water partition coefficient (Wildman–Crippen LogP) is 3.03. The van der Waals surface area contributed by atoms with E-state index in [-0.39, 0.29) is 0 Å². The van der Waals surface area contributed by atoms with Crippen molar-refractivity contribution in [3.8, 4) is 0 Å². The van der Waals surface area contributed by atoms with Gasteiger partial charge in [-0.15, -0.1) is 0 Å². The number of hydrogen-bond acceptors (Lipinski definition) is 2. The molecule has 0 radical (unpaired) electrons. The molecule has 1 rings (SSSR count). The molecule has 96 valence electrons. The first-order valence-corrected chi connectivity index (χ1v) is 7.27. The molecule has 0 aromatic heterocycles. The van der Waals surface area contributed by atoms with Crippen LogP contribution in [0.15, 0.2) is 0 Å². The summed E-state index contributed by atoms with van der Waals surface area (Å²) < 4.78 is 0. The molecule has 0 heterocycles. The van der Waals surface area contributed by atoms with Gasteiger partial charge in [0.05, 0.1) is 0 Å². The minimum atomic E-state index is 0.906. The molecule has 0 aliphatic heterocycles. The Morgan fingerprint density at radius 3 is 2.44 bits per heavy atom. The van der Waals surface area contributed by atoms with Gasteiger partial charge in [-0.2, -0.15) is 0 Å². The SMILES string of the molecule is CCN(CCCCCNC)C1CCCCC1. The average Bonchev–Trinajstić information content (AvgIpc) is 2.35. The Balaban J connectivity index is 2.10. The van der Waals surface area contributed by atoms with Crippen molar-refractivity contribution in [2.75, 3.05) is 26.7 Å². The largest absolute Gasteiger partial charge is 0.320 e. The topological polar surface area (TPSA) is 15.3 Å². The van der Waals surface area contributed by atoms with Crippen molar-refractivity contribution < 1.29 is 0 Å². The van der Waals surface area contributed by atoms with Gasteiger partial charge in [0.2, 0.25) is 0 Å². The van der Waals surface area contributed by atoms with Gasteiger partial charge in [0.15, 0.2) is 0 Å². The summed E-state index contributed by atoms with van der Waals surface area (Å²) in [5.74, 6) is 0. The van der Waals surface area contributed by atoms with E-state index in [4.69, 9.17) is 0 Å². The van der Waals surface area contributed by atoms with Crippen molar-refractivity contribution in [1.29, 1.82) is 0 Å². The minimum Gasteiger partial charge on any atom is -0.320 e. The van der Waals surface area contributed by atoms with Gasteiger partial charge in [-0.3, -0.25) is 0 Å². The molecule has 0 atom stereocenters. The fourth-order valence-corrected chi connectivity index (χ4v) is 2.84. The van der Waals surface area contributed by atoms with E-state index >= 15 is 0 Å². The van der Waals surface area contributed by atoms with Crippen molar-refractivity contribution >= 4 is 0 Å². The molecule has 0 aromatic carbocycles. The van der Waals surface area contributed by atoms with Gasteiger partial charge < -0.3 is 10.2 Å². The second kappa shape index (κ2) is 9.00. The number of rotatable bonds is 8. The Morgan fingerprint density at radius 2 is 1.81 bits per heavy atom. The molecule has 0 spiro atoms. The molecule has 0 unspecified atom stereocenters. The van der Waals surface area contributed by atoms with Crippen LogP contribution in [0.25, 0.3) is 0 Å². The molecule has 1 N–H and O–H groups in total. The molecule has 2 heteroatoms. The lowest BCUT2D eigenvalue weighted by Crippen LogP contribution is -2.37. The lowest BCUT2D eigenvalue weighted by atomic mass is 9.94. The highest BCUT2D eigenvalue weighted by atomic mass is 15.1. The monoisotopic (exact) mass is 226 g/mol. The van der Waals surface area contributed by atoms with Crippen LogP contribution in [-0.4, -0.2) is 37.6 Å². The van der Waals surface area contributed by atoms with E-state index in [1.807, 2.05) is 7.05 Å². The van der Waals surface area contributed by atoms with E-state index in [0.717, 1.165) is 6.04 Å². The van der Waals surface area contributed by atoms with Crippen LogP contribution in [0, 0.1) is 0 Å². The molecule has 0 amide bonds. The van der Waals surface area contributed by atoms with Crippen molar-refractivity contribution in [3.63, 3.8) is 0 Å². The van der Waals surface area contributed by atoms with Crippen molar-refractivity contribution in [1.82, 2.24) is 10.2 Å². The summed E-state index contributed by atoms with van der Waals surface area (Å²) >= 11 is 0. The number of unbranched alkanes of at least 4 members (excludes halogenated alkanes) is 2. The summed E-state index contributed by atoms with van der Waals surface area (Å²) in [6.45, 7) is 6.07. The smallest absolute Gasteiger partial charge is 0.00951 e. The van der Waals surface area contributed by atoms with E-state index in [2.05, 4.69) is 17.1 Å². The zero-order chi connectivity index (χ0) is 11.6. The summed E-state index contributed by atoms with van der Waals surface area (Å²) in [4.78, 5) is 2.72. The standard InChI is InChI=1S/C14H30N2/c1-3-16(13-9-5-8-12-15-2)14-10-6-4-7-11-14/h14-15H,3-13H2,1-2H3. The van der Waals surface area contributed by atoms with Crippen LogP contribution >= 0.6 is 0 Å². The van der Waals surface area contributed by atoms with Gasteiger partial charge in [0.1, 0.15) is 0 Å². The lowest BCUT2D eigenvalue weighted by Gasteiger charge is -2.33. The van der Waals surface area contributed by atoms with Crippen LogP contribution in [0.1, 0.15) is 58.3 Å². The number of nitrogens with one attached hydrogen (secondary N) is 1. The third kappa shape index (κ3) is 5.31. The van der Waals surface area contributed by atoms with Crippen LogP contribution < -0.4 is 5.32 Å². The Hall–Kier alpha value is -0.0800. The number of nitrogens with zero attached hydrogens (tertiary/aromatic N) is 1. The quantitative estimate of drug-likeness (QED) is 0.640. The molecule has 0 aromatic rings. The summed E-state index contributed by atoms with van der Waals surface area (Å²) in [5, 5.41) is 3.22. The van der Waals surface area contributed by atoms with Gasteiger partial charge in [-0.25, -0.2) is 0 Å². The van der Waals surface area contributed by atoms with E-state index in [1.54, 1.807) is 0 Å². The van der Waals surface area contributed by atoms with Gasteiger partial charge in [0, 0.05) is 6.04 Å². The van der Waals surface area contributed by atoms with Gasteiger partial charge in [-0.05, 0) is 52.4 Å². The Kier molecular flexibility index (Phi) is 7.87. The summed E-state index contributed by atoms with van der Waals surface area (Å²) in [5.41, 5.74) is 0. The fraction of sp³-hybridized carbons (Fsp3) is 1.00. The highest BCUT2D eigenvalue weighted by Gasteiger charge is 2.18. The summed E-state index contributed by atoms with van der Waals surface area (Å²) in [7, 11) is 2.04. The van der Waals surface area contributed by atoms with Crippen LogP contribution in [0.3, 0.4) is 0 Å². The molecule has 1 saturated carbocycles. The van der Waals surface area contributed by atoms with Crippen LogP contribution in [0.2, 0.25) is 0 Å². The maximum atomic E-state index is 3.22. The van der Waals surface area contributed by atoms with Crippen molar-refractivity contribution in [2.45, 2.75) is 64.3 Å². The average molecular weight is 226 g/mol. The highest BCUT2D eigenvalue weighted by Crippen LogP contribution is 2.22.